The molecule has 3 nitrogen and oxygen atoms in total. The molecule has 2 unspecified atom stereocenters. The number of rotatable bonds is 4. The molecule has 0 saturated heterocycles. The number of thiazole rings is 1. The Labute approximate surface area is 86.8 Å². The maximum Gasteiger partial charge on any atom is 0.307 e. The molecule has 2 rings (SSSR count). The van der Waals surface area contributed by atoms with Crippen LogP contribution in [-0.4, -0.2) is 16.1 Å². The Morgan fingerprint density at radius 1 is 1.79 bits per heavy atom. The summed E-state index contributed by atoms with van der Waals surface area (Å²) >= 11 is 1.65. The van der Waals surface area contributed by atoms with Crippen LogP contribution in [-0.2, 0) is 11.2 Å². The zero-order valence-corrected chi connectivity index (χ0v) is 8.88. The Bertz CT molecular complexity index is 348. The molecule has 14 heavy (non-hydrogen) atoms. The van der Waals surface area contributed by atoms with Crippen molar-refractivity contribution in [3.63, 3.8) is 0 Å². The molecule has 0 radical (unpaired) electrons. The summed E-state index contributed by atoms with van der Waals surface area (Å²) < 4.78 is 0. The molecule has 4 heteroatoms. The van der Waals surface area contributed by atoms with Crippen molar-refractivity contribution in [1.29, 1.82) is 0 Å². The van der Waals surface area contributed by atoms with Crippen LogP contribution in [0, 0.1) is 5.92 Å². The summed E-state index contributed by atoms with van der Waals surface area (Å²) in [5.41, 5.74) is 0.992. The maximum absolute atomic E-state index is 10.7. The summed E-state index contributed by atoms with van der Waals surface area (Å²) in [5, 5.41) is 11.9. The van der Waals surface area contributed by atoms with Crippen LogP contribution in [0.2, 0.25) is 0 Å². The molecule has 2 atom stereocenters. The van der Waals surface area contributed by atoms with Crippen molar-refractivity contribution in [2.24, 2.45) is 5.92 Å². The van der Waals surface area contributed by atoms with Gasteiger partial charge in [-0.05, 0) is 19.3 Å². The lowest BCUT2D eigenvalue weighted by molar-refractivity contribution is -0.138. The molecule has 76 valence electrons. The third-order valence-electron chi connectivity index (χ3n) is 2.52. The lowest BCUT2D eigenvalue weighted by atomic mass is 10.2. The summed E-state index contributed by atoms with van der Waals surface area (Å²) in [6, 6.07) is 0. The van der Waals surface area contributed by atoms with E-state index >= 15 is 0 Å². The van der Waals surface area contributed by atoms with Crippen LogP contribution in [0.3, 0.4) is 0 Å². The van der Waals surface area contributed by atoms with Gasteiger partial charge < -0.3 is 5.11 Å². The van der Waals surface area contributed by atoms with Gasteiger partial charge in [-0.2, -0.15) is 0 Å². The van der Waals surface area contributed by atoms with Gasteiger partial charge in [0, 0.05) is 11.3 Å². The van der Waals surface area contributed by atoms with Gasteiger partial charge in [-0.25, -0.2) is 4.98 Å². The van der Waals surface area contributed by atoms with Gasteiger partial charge in [0.05, 0.1) is 16.6 Å². The van der Waals surface area contributed by atoms with Crippen LogP contribution in [0.4, 0.5) is 0 Å². The molecule has 1 aromatic heterocycles. The van der Waals surface area contributed by atoms with E-state index in [9.17, 15) is 4.79 Å². The smallest absolute Gasteiger partial charge is 0.307 e. The van der Waals surface area contributed by atoms with Crippen molar-refractivity contribution in [2.75, 3.05) is 0 Å². The van der Waals surface area contributed by atoms with Crippen LogP contribution < -0.4 is 0 Å². The van der Waals surface area contributed by atoms with Crippen molar-refractivity contribution in [3.05, 3.63) is 16.1 Å². The number of hydrogen-bond donors (Lipinski definition) is 1. The average molecular weight is 211 g/mol. The Morgan fingerprint density at radius 2 is 2.57 bits per heavy atom. The monoisotopic (exact) mass is 211 g/mol. The summed E-state index contributed by atoms with van der Waals surface area (Å²) in [7, 11) is 0. The second-order valence-electron chi connectivity index (χ2n) is 3.70. The lowest BCUT2D eigenvalue weighted by Crippen LogP contribution is -1.99. The van der Waals surface area contributed by atoms with E-state index in [0.29, 0.717) is 0 Å². The lowest BCUT2D eigenvalue weighted by Gasteiger charge is -1.91. The molecule has 0 aliphatic heterocycles. The highest BCUT2D eigenvalue weighted by molar-refractivity contribution is 7.09. The zero-order valence-electron chi connectivity index (χ0n) is 8.06. The van der Waals surface area contributed by atoms with Crippen LogP contribution in [0.25, 0.3) is 0 Å². The van der Waals surface area contributed by atoms with E-state index in [2.05, 4.69) is 11.9 Å². The third-order valence-corrected chi connectivity index (χ3v) is 3.45. The van der Waals surface area contributed by atoms with Gasteiger partial charge in [0.1, 0.15) is 0 Å². The minimum atomic E-state index is -0.681. The molecule has 1 saturated carbocycles. The fourth-order valence-electron chi connectivity index (χ4n) is 1.62. The average Bonchev–Trinajstić information content (AvgIpc) is 2.82. The van der Waals surface area contributed by atoms with Crippen molar-refractivity contribution in [1.82, 2.24) is 4.98 Å². The van der Waals surface area contributed by atoms with Crippen molar-refractivity contribution >= 4 is 17.3 Å². The number of carboxylic acid groups (broad SMARTS) is 1. The van der Waals surface area contributed by atoms with Crippen LogP contribution in [0.1, 0.15) is 36.4 Å². The predicted octanol–water partition coefficient (Wildman–Crippen LogP) is 2.28. The van der Waals surface area contributed by atoms with Gasteiger partial charge in [0.25, 0.3) is 0 Å². The van der Waals surface area contributed by atoms with Gasteiger partial charge >= 0.3 is 5.97 Å². The van der Waals surface area contributed by atoms with Gasteiger partial charge in [0.15, 0.2) is 0 Å². The number of carboxylic acids is 1. The quantitative estimate of drug-likeness (QED) is 0.831. The second kappa shape index (κ2) is 3.69. The van der Waals surface area contributed by atoms with E-state index in [0.717, 1.165) is 30.0 Å². The van der Waals surface area contributed by atoms with Crippen LogP contribution in [0.5, 0.6) is 0 Å². The van der Waals surface area contributed by atoms with Crippen molar-refractivity contribution in [3.8, 4) is 0 Å². The number of aliphatic carboxylic acids is 1. The van der Waals surface area contributed by atoms with E-state index < -0.39 is 5.97 Å². The fourth-order valence-corrected chi connectivity index (χ4v) is 2.58. The van der Waals surface area contributed by atoms with Gasteiger partial charge in [-0.3, -0.25) is 4.79 Å². The highest BCUT2D eigenvalue weighted by Gasteiger charge is 2.45. The molecule has 0 amide bonds. The Kier molecular flexibility index (Phi) is 2.54. The van der Waals surface area contributed by atoms with Crippen LogP contribution >= 0.6 is 11.3 Å². The maximum atomic E-state index is 10.7. The highest BCUT2D eigenvalue weighted by Crippen LogP contribution is 2.47. The predicted molar refractivity (Wildman–Crippen MR) is 54.6 cm³/mol. The standard InChI is InChI=1S/C10H13NO2S/c1-2-3-9-11-8(5-14-9)6-4-7(6)10(12)13/h5-7H,2-4H2,1H3,(H,12,13). The first kappa shape index (κ1) is 9.65. The Balaban J connectivity index is 2.01. The van der Waals surface area contributed by atoms with Crippen molar-refractivity contribution < 1.29 is 9.90 Å². The molecule has 0 bridgehead atoms. The molecule has 0 spiro atoms. The number of carbonyl (C=O) groups is 1. The summed E-state index contributed by atoms with van der Waals surface area (Å²) in [6.45, 7) is 2.12. The van der Waals surface area contributed by atoms with E-state index in [1.807, 2.05) is 5.38 Å². The molecular weight excluding hydrogens is 198 g/mol. The van der Waals surface area contributed by atoms with Crippen molar-refractivity contribution in [2.45, 2.75) is 32.1 Å². The molecule has 1 heterocycles. The topological polar surface area (TPSA) is 50.2 Å². The summed E-state index contributed by atoms with van der Waals surface area (Å²) in [6.07, 6.45) is 2.87. The van der Waals surface area contributed by atoms with Crippen LogP contribution in [0.15, 0.2) is 5.38 Å². The van der Waals surface area contributed by atoms with Gasteiger partial charge in [0.2, 0.25) is 0 Å². The molecule has 1 N–H and O–H groups in total. The van der Waals surface area contributed by atoms with E-state index in [4.69, 9.17) is 5.11 Å². The second-order valence-corrected chi connectivity index (χ2v) is 4.65. The minimum Gasteiger partial charge on any atom is -0.481 e. The molecule has 0 aromatic carbocycles. The third kappa shape index (κ3) is 1.80. The minimum absolute atomic E-state index is 0.174. The normalized spacial score (nSPS) is 24.9. The zero-order chi connectivity index (χ0) is 10.1. The first-order valence-corrected chi connectivity index (χ1v) is 5.77. The number of hydrogen-bond acceptors (Lipinski definition) is 3. The van der Waals surface area contributed by atoms with E-state index in [1.54, 1.807) is 11.3 Å². The summed E-state index contributed by atoms with van der Waals surface area (Å²) in [5.74, 6) is -0.666. The first-order chi connectivity index (χ1) is 6.72. The molecule has 1 aromatic rings. The SMILES string of the molecule is CCCc1nc(C2CC2C(=O)O)cs1. The van der Waals surface area contributed by atoms with E-state index in [1.165, 1.54) is 0 Å². The highest BCUT2D eigenvalue weighted by atomic mass is 32.1. The number of aromatic nitrogens is 1. The molecule has 1 aliphatic rings. The number of nitrogens with zero attached hydrogens (tertiary/aromatic N) is 1. The molecule has 1 aliphatic carbocycles. The van der Waals surface area contributed by atoms with E-state index in [-0.39, 0.29) is 11.8 Å². The Morgan fingerprint density at radius 3 is 3.14 bits per heavy atom. The fraction of sp³-hybridized carbons (Fsp3) is 0.600. The molecular formula is C10H13NO2S. The number of aryl methyl sites for hydroxylation is 1. The first-order valence-electron chi connectivity index (χ1n) is 4.89. The largest absolute Gasteiger partial charge is 0.481 e. The molecule has 1 fully saturated rings. The summed E-state index contributed by atoms with van der Waals surface area (Å²) in [4.78, 5) is 15.1. The Hall–Kier alpha value is -0.900. The van der Waals surface area contributed by atoms with Gasteiger partial charge in [-0.1, -0.05) is 6.92 Å². The van der Waals surface area contributed by atoms with Gasteiger partial charge in [-0.15, -0.1) is 11.3 Å².